The number of fused-ring (bicyclic) bond motifs is 1. The number of benzene rings is 2. The maximum Gasteiger partial charge on any atom is 0.349 e. The third-order valence-corrected chi connectivity index (χ3v) is 4.66. The van der Waals surface area contributed by atoms with Crippen LogP contribution < -0.4 is 15.9 Å². The Bertz CT molecular complexity index is 1260. The van der Waals surface area contributed by atoms with Gasteiger partial charge in [-0.25, -0.2) is 10.2 Å². The fourth-order valence-corrected chi connectivity index (χ4v) is 3.30. The number of rotatable bonds is 3. The Morgan fingerprint density at radius 1 is 1.11 bits per heavy atom. The molecule has 0 aliphatic heterocycles. The van der Waals surface area contributed by atoms with Gasteiger partial charge in [0.1, 0.15) is 11.1 Å². The lowest BCUT2D eigenvalue weighted by molar-refractivity contribution is 0.0949. The summed E-state index contributed by atoms with van der Waals surface area (Å²) in [5.41, 5.74) is 2.55. The Morgan fingerprint density at radius 2 is 1.85 bits per heavy atom. The smallest absolute Gasteiger partial charge is 0.349 e. The van der Waals surface area contributed by atoms with Gasteiger partial charge in [0, 0.05) is 5.39 Å². The molecule has 0 spiro atoms. The molecule has 0 unspecified atom stereocenters. The average Bonchev–Trinajstić information content (AvgIpc) is 3.06. The number of carbonyl (C=O) groups is 1. The molecule has 134 valence electrons. The first-order valence-electron chi connectivity index (χ1n) is 7.95. The van der Waals surface area contributed by atoms with E-state index in [0.717, 1.165) is 11.3 Å². The fourth-order valence-electron chi connectivity index (χ4n) is 2.58. The summed E-state index contributed by atoms with van der Waals surface area (Å²) in [4.78, 5) is 24.8. The van der Waals surface area contributed by atoms with Gasteiger partial charge in [0.05, 0.1) is 11.1 Å². The van der Waals surface area contributed by atoms with Crippen LogP contribution in [-0.2, 0) is 0 Å². The standard InChI is InChI=1S/C19H13N3O4S/c23-16-11-27-19(22(16)13-7-2-1-3-8-13)21-20-17(24)14-10-12-6-4-5-9-15(12)26-18(14)25/h1-11,23H,(H,20,24)/b21-19+. The number of carbonyl (C=O) groups excluding carboxylic acids is 1. The lowest BCUT2D eigenvalue weighted by atomic mass is 10.2. The summed E-state index contributed by atoms with van der Waals surface area (Å²) in [6, 6.07) is 17.5. The Hall–Kier alpha value is -3.65. The van der Waals surface area contributed by atoms with E-state index in [9.17, 15) is 14.7 Å². The van der Waals surface area contributed by atoms with Crippen molar-refractivity contribution in [2.24, 2.45) is 5.10 Å². The molecule has 2 heterocycles. The van der Waals surface area contributed by atoms with E-state index in [0.29, 0.717) is 21.5 Å². The van der Waals surface area contributed by atoms with Crippen LogP contribution in [0.5, 0.6) is 5.88 Å². The van der Waals surface area contributed by atoms with E-state index in [1.54, 1.807) is 36.4 Å². The van der Waals surface area contributed by atoms with Crippen molar-refractivity contribution in [1.82, 2.24) is 9.99 Å². The number of hydrogen-bond donors (Lipinski definition) is 2. The third kappa shape index (κ3) is 3.25. The zero-order valence-corrected chi connectivity index (χ0v) is 14.6. The van der Waals surface area contributed by atoms with Gasteiger partial charge in [-0.1, -0.05) is 47.7 Å². The van der Waals surface area contributed by atoms with Crippen molar-refractivity contribution in [3.05, 3.63) is 86.8 Å². The van der Waals surface area contributed by atoms with Gasteiger partial charge in [-0.05, 0) is 24.3 Å². The molecular weight excluding hydrogens is 366 g/mol. The summed E-state index contributed by atoms with van der Waals surface area (Å²) >= 11 is 1.14. The highest BCUT2D eigenvalue weighted by atomic mass is 32.1. The number of amides is 1. The van der Waals surface area contributed by atoms with Crippen LogP contribution in [-0.4, -0.2) is 15.6 Å². The van der Waals surface area contributed by atoms with Crippen LogP contribution in [0, 0.1) is 0 Å². The second-order valence-corrected chi connectivity index (χ2v) is 6.42. The van der Waals surface area contributed by atoms with Crippen molar-refractivity contribution < 1.29 is 14.3 Å². The Balaban J connectivity index is 1.69. The summed E-state index contributed by atoms with van der Waals surface area (Å²) in [5.74, 6) is -0.702. The molecule has 2 aromatic carbocycles. The van der Waals surface area contributed by atoms with Crippen molar-refractivity contribution in [3.8, 4) is 11.6 Å². The van der Waals surface area contributed by atoms with Crippen LogP contribution in [0.2, 0.25) is 0 Å². The van der Waals surface area contributed by atoms with E-state index in [4.69, 9.17) is 4.42 Å². The minimum Gasteiger partial charge on any atom is -0.494 e. The summed E-state index contributed by atoms with van der Waals surface area (Å²) in [5, 5.41) is 16.2. The van der Waals surface area contributed by atoms with E-state index < -0.39 is 11.5 Å². The molecule has 0 saturated heterocycles. The largest absolute Gasteiger partial charge is 0.494 e. The Kier molecular flexibility index (Phi) is 4.31. The van der Waals surface area contributed by atoms with Crippen LogP contribution in [0.1, 0.15) is 10.4 Å². The Labute approximate surface area is 156 Å². The molecular formula is C19H13N3O4S. The number of nitrogens with one attached hydrogen (secondary N) is 1. The number of hydrogen-bond acceptors (Lipinski definition) is 6. The number of para-hydroxylation sites is 2. The van der Waals surface area contributed by atoms with Gasteiger partial charge in [0.25, 0.3) is 5.91 Å². The predicted octanol–water partition coefficient (Wildman–Crippen LogP) is 2.60. The molecule has 27 heavy (non-hydrogen) atoms. The van der Waals surface area contributed by atoms with Gasteiger partial charge in [-0.2, -0.15) is 0 Å². The van der Waals surface area contributed by atoms with Gasteiger partial charge in [0.15, 0.2) is 0 Å². The Morgan fingerprint density at radius 3 is 2.67 bits per heavy atom. The maximum atomic E-state index is 12.4. The monoisotopic (exact) mass is 379 g/mol. The van der Waals surface area contributed by atoms with Crippen molar-refractivity contribution in [2.75, 3.05) is 0 Å². The molecule has 0 atom stereocenters. The molecule has 4 aromatic rings. The molecule has 0 aliphatic carbocycles. The second-order valence-electron chi connectivity index (χ2n) is 5.59. The van der Waals surface area contributed by atoms with Crippen LogP contribution >= 0.6 is 11.3 Å². The molecule has 8 heteroatoms. The minimum absolute atomic E-state index is 0.00980. The van der Waals surface area contributed by atoms with Crippen molar-refractivity contribution in [3.63, 3.8) is 0 Å². The number of thiazole rings is 1. The maximum absolute atomic E-state index is 12.4. The molecule has 0 bridgehead atoms. The van der Waals surface area contributed by atoms with Crippen LogP contribution in [0.25, 0.3) is 16.7 Å². The highest BCUT2D eigenvalue weighted by molar-refractivity contribution is 7.07. The summed E-state index contributed by atoms with van der Waals surface area (Å²) < 4.78 is 6.64. The van der Waals surface area contributed by atoms with Crippen molar-refractivity contribution >= 4 is 28.2 Å². The first-order chi connectivity index (χ1) is 13.1. The van der Waals surface area contributed by atoms with Gasteiger partial charge in [-0.3, -0.25) is 9.36 Å². The van der Waals surface area contributed by atoms with Gasteiger partial charge in [0.2, 0.25) is 10.7 Å². The molecule has 7 nitrogen and oxygen atoms in total. The highest BCUT2D eigenvalue weighted by Gasteiger charge is 2.13. The molecule has 2 aromatic heterocycles. The number of aromatic nitrogens is 1. The quantitative estimate of drug-likeness (QED) is 0.422. The molecule has 0 saturated carbocycles. The zero-order valence-electron chi connectivity index (χ0n) is 13.8. The fraction of sp³-hybridized carbons (Fsp3) is 0. The topological polar surface area (TPSA) is 96.8 Å². The van der Waals surface area contributed by atoms with E-state index in [1.807, 2.05) is 18.2 Å². The van der Waals surface area contributed by atoms with Crippen LogP contribution in [0.4, 0.5) is 0 Å². The average molecular weight is 379 g/mol. The van der Waals surface area contributed by atoms with Gasteiger partial charge in [-0.15, -0.1) is 5.10 Å². The predicted molar refractivity (Wildman–Crippen MR) is 101 cm³/mol. The number of nitrogens with zero attached hydrogens (tertiary/aromatic N) is 2. The first kappa shape index (κ1) is 16.8. The molecule has 0 fully saturated rings. The van der Waals surface area contributed by atoms with E-state index >= 15 is 0 Å². The zero-order chi connectivity index (χ0) is 18.8. The molecule has 0 aliphatic rings. The van der Waals surface area contributed by atoms with Gasteiger partial charge >= 0.3 is 5.63 Å². The van der Waals surface area contributed by atoms with Gasteiger partial charge < -0.3 is 9.52 Å². The summed E-state index contributed by atoms with van der Waals surface area (Å²) in [7, 11) is 0. The lowest BCUT2D eigenvalue weighted by Gasteiger charge is -2.04. The first-order valence-corrected chi connectivity index (χ1v) is 8.83. The lowest BCUT2D eigenvalue weighted by Crippen LogP contribution is -2.27. The van der Waals surface area contributed by atoms with Crippen molar-refractivity contribution in [2.45, 2.75) is 0 Å². The van der Waals surface area contributed by atoms with E-state index in [2.05, 4.69) is 10.5 Å². The van der Waals surface area contributed by atoms with Crippen molar-refractivity contribution in [1.29, 1.82) is 0 Å². The van der Waals surface area contributed by atoms with E-state index in [1.165, 1.54) is 16.0 Å². The summed E-state index contributed by atoms with van der Waals surface area (Å²) in [6.07, 6.45) is 0. The van der Waals surface area contributed by atoms with Crippen LogP contribution in [0.15, 0.2) is 80.4 Å². The SMILES string of the molecule is O=C(N/N=c1/scc(O)n1-c1ccccc1)c1cc2ccccc2oc1=O. The highest BCUT2D eigenvalue weighted by Crippen LogP contribution is 2.16. The molecule has 0 radical (unpaired) electrons. The minimum atomic E-state index is -0.744. The van der Waals surface area contributed by atoms with Crippen LogP contribution in [0.3, 0.4) is 0 Å². The molecule has 2 N–H and O–H groups in total. The molecule has 4 rings (SSSR count). The molecule has 1 amide bonds. The second kappa shape index (κ2) is 6.93. The summed E-state index contributed by atoms with van der Waals surface area (Å²) in [6.45, 7) is 0. The van der Waals surface area contributed by atoms with E-state index in [-0.39, 0.29) is 11.4 Å². The third-order valence-electron chi connectivity index (χ3n) is 3.84. The number of aromatic hydroxyl groups is 1. The normalized spacial score (nSPS) is 11.6.